The summed E-state index contributed by atoms with van der Waals surface area (Å²) in [6.07, 6.45) is -1.36. The molecule has 4 rings (SSSR count). The van der Waals surface area contributed by atoms with Gasteiger partial charge in [0.1, 0.15) is 0 Å². The van der Waals surface area contributed by atoms with Crippen molar-refractivity contribution in [2.24, 2.45) is 0 Å². The SMILES string of the molecule is O=C(c1ccc(Nc2ncccn2)cc1)N1CCn2c(nnc2C(F)(F)F)C1. The Hall–Kier alpha value is -3.50. The normalized spacial score (nSPS) is 13.9. The van der Waals surface area contributed by atoms with Gasteiger partial charge in [-0.1, -0.05) is 0 Å². The Balaban J connectivity index is 1.46. The van der Waals surface area contributed by atoms with Crippen LogP contribution in [0.2, 0.25) is 0 Å². The predicted molar refractivity (Wildman–Crippen MR) is 91.5 cm³/mol. The number of amides is 1. The van der Waals surface area contributed by atoms with Crippen molar-refractivity contribution in [3.8, 4) is 0 Å². The van der Waals surface area contributed by atoms with Gasteiger partial charge in [-0.25, -0.2) is 9.97 Å². The summed E-state index contributed by atoms with van der Waals surface area (Å²) in [6, 6.07) is 8.38. The van der Waals surface area contributed by atoms with Crippen molar-refractivity contribution >= 4 is 17.5 Å². The van der Waals surface area contributed by atoms with E-state index < -0.39 is 12.0 Å². The van der Waals surface area contributed by atoms with Crippen LogP contribution in [0.3, 0.4) is 0 Å². The van der Waals surface area contributed by atoms with Gasteiger partial charge in [0, 0.05) is 36.7 Å². The Morgan fingerprint density at radius 1 is 1.04 bits per heavy atom. The van der Waals surface area contributed by atoms with Crippen LogP contribution in [0.25, 0.3) is 0 Å². The van der Waals surface area contributed by atoms with Crippen LogP contribution in [0, 0.1) is 0 Å². The van der Waals surface area contributed by atoms with Crippen molar-refractivity contribution in [1.82, 2.24) is 29.6 Å². The Morgan fingerprint density at radius 2 is 1.75 bits per heavy atom. The molecule has 0 radical (unpaired) electrons. The van der Waals surface area contributed by atoms with Crippen LogP contribution in [0.1, 0.15) is 22.0 Å². The third-order valence-corrected chi connectivity index (χ3v) is 4.25. The second kappa shape index (κ2) is 6.91. The van der Waals surface area contributed by atoms with Crippen LogP contribution in [-0.4, -0.2) is 42.1 Å². The van der Waals surface area contributed by atoms with E-state index in [4.69, 9.17) is 0 Å². The number of nitrogens with one attached hydrogen (secondary N) is 1. The Labute approximate surface area is 157 Å². The number of nitrogens with zero attached hydrogens (tertiary/aromatic N) is 6. The zero-order chi connectivity index (χ0) is 19.7. The molecule has 0 atom stereocenters. The average Bonchev–Trinajstić information content (AvgIpc) is 3.12. The van der Waals surface area contributed by atoms with Crippen LogP contribution in [0.5, 0.6) is 0 Å². The lowest BCUT2D eigenvalue weighted by Crippen LogP contribution is -2.39. The summed E-state index contributed by atoms with van der Waals surface area (Å²) in [6.45, 7) is 0.110. The molecule has 1 aromatic carbocycles. The average molecular weight is 389 g/mol. The molecule has 0 fully saturated rings. The van der Waals surface area contributed by atoms with Gasteiger partial charge in [-0.3, -0.25) is 4.79 Å². The first kappa shape index (κ1) is 17.9. The third kappa shape index (κ3) is 3.50. The molecule has 144 valence electrons. The highest BCUT2D eigenvalue weighted by Crippen LogP contribution is 2.29. The van der Waals surface area contributed by atoms with E-state index in [9.17, 15) is 18.0 Å². The molecule has 28 heavy (non-hydrogen) atoms. The summed E-state index contributed by atoms with van der Waals surface area (Å²) in [4.78, 5) is 22.2. The van der Waals surface area contributed by atoms with Crippen LogP contribution in [0.4, 0.5) is 24.8 Å². The van der Waals surface area contributed by atoms with Gasteiger partial charge in [0.25, 0.3) is 5.91 Å². The molecular weight excluding hydrogens is 375 g/mol. The van der Waals surface area contributed by atoms with Gasteiger partial charge in [-0.2, -0.15) is 13.2 Å². The number of aromatic nitrogens is 5. The maximum Gasteiger partial charge on any atom is 0.451 e. The number of carbonyl (C=O) groups is 1. The van der Waals surface area contributed by atoms with E-state index in [0.29, 0.717) is 17.2 Å². The summed E-state index contributed by atoms with van der Waals surface area (Å²) >= 11 is 0. The Morgan fingerprint density at radius 3 is 2.43 bits per heavy atom. The molecule has 2 aromatic heterocycles. The Bertz CT molecular complexity index is 986. The minimum atomic E-state index is -4.57. The third-order valence-electron chi connectivity index (χ3n) is 4.25. The number of benzene rings is 1. The number of rotatable bonds is 3. The highest BCUT2D eigenvalue weighted by Gasteiger charge is 2.39. The standard InChI is InChI=1S/C17H14F3N7O/c18-17(19,20)15-25-24-13-10-26(8-9-27(13)15)14(28)11-2-4-12(5-3-11)23-16-21-6-1-7-22-16/h1-7H,8-10H2,(H,21,22,23). The number of halogens is 3. The van der Waals surface area contributed by atoms with Gasteiger partial charge in [-0.15, -0.1) is 10.2 Å². The molecule has 1 aliphatic rings. The van der Waals surface area contributed by atoms with Crippen molar-refractivity contribution in [1.29, 1.82) is 0 Å². The van der Waals surface area contributed by atoms with Crippen molar-refractivity contribution < 1.29 is 18.0 Å². The lowest BCUT2D eigenvalue weighted by Gasteiger charge is -2.28. The van der Waals surface area contributed by atoms with Gasteiger partial charge >= 0.3 is 6.18 Å². The molecule has 1 aliphatic heterocycles. The molecule has 11 heteroatoms. The molecule has 3 aromatic rings. The highest BCUT2D eigenvalue weighted by molar-refractivity contribution is 5.94. The van der Waals surface area contributed by atoms with Crippen LogP contribution < -0.4 is 5.32 Å². The molecular formula is C17H14F3N7O. The van der Waals surface area contributed by atoms with Crippen LogP contribution in [0.15, 0.2) is 42.7 Å². The topological polar surface area (TPSA) is 88.8 Å². The number of alkyl halides is 3. The number of hydrogen-bond donors (Lipinski definition) is 1. The van der Waals surface area contributed by atoms with E-state index in [-0.39, 0.29) is 31.4 Å². The first-order valence-electron chi connectivity index (χ1n) is 8.34. The van der Waals surface area contributed by atoms with Gasteiger partial charge in [0.15, 0.2) is 5.82 Å². The lowest BCUT2D eigenvalue weighted by atomic mass is 10.1. The first-order chi connectivity index (χ1) is 13.4. The van der Waals surface area contributed by atoms with E-state index >= 15 is 0 Å². The molecule has 0 unspecified atom stereocenters. The fourth-order valence-corrected chi connectivity index (χ4v) is 2.91. The molecule has 8 nitrogen and oxygen atoms in total. The van der Waals surface area contributed by atoms with E-state index in [1.165, 1.54) is 4.90 Å². The van der Waals surface area contributed by atoms with E-state index in [0.717, 1.165) is 4.57 Å². The fourth-order valence-electron chi connectivity index (χ4n) is 2.91. The number of hydrogen-bond acceptors (Lipinski definition) is 6. The quantitative estimate of drug-likeness (QED) is 0.740. The largest absolute Gasteiger partial charge is 0.451 e. The number of carbonyl (C=O) groups excluding carboxylic acids is 1. The van der Waals surface area contributed by atoms with Crippen molar-refractivity contribution in [3.05, 3.63) is 59.9 Å². The number of anilines is 2. The van der Waals surface area contributed by atoms with E-state index in [1.54, 1.807) is 42.7 Å². The molecule has 0 aliphatic carbocycles. The van der Waals surface area contributed by atoms with Crippen molar-refractivity contribution in [2.75, 3.05) is 11.9 Å². The molecule has 1 N–H and O–H groups in total. The molecule has 0 spiro atoms. The first-order valence-corrected chi connectivity index (χ1v) is 8.34. The van der Waals surface area contributed by atoms with Crippen molar-refractivity contribution in [2.45, 2.75) is 19.3 Å². The molecule has 3 heterocycles. The van der Waals surface area contributed by atoms with Crippen LogP contribution >= 0.6 is 0 Å². The second-order valence-corrected chi connectivity index (χ2v) is 6.09. The predicted octanol–water partition coefficient (Wildman–Crippen LogP) is 2.49. The van der Waals surface area contributed by atoms with Crippen LogP contribution in [-0.2, 0) is 19.3 Å². The monoisotopic (exact) mass is 389 g/mol. The minimum Gasteiger partial charge on any atom is -0.329 e. The number of fused-ring (bicyclic) bond motifs is 1. The van der Waals surface area contributed by atoms with Gasteiger partial charge < -0.3 is 14.8 Å². The van der Waals surface area contributed by atoms with E-state index in [1.807, 2.05) is 0 Å². The zero-order valence-electron chi connectivity index (χ0n) is 14.4. The summed E-state index contributed by atoms with van der Waals surface area (Å²) in [5.41, 5.74) is 1.12. The second-order valence-electron chi connectivity index (χ2n) is 6.09. The summed E-state index contributed by atoms with van der Waals surface area (Å²) in [5, 5.41) is 9.81. The molecule has 1 amide bonds. The lowest BCUT2D eigenvalue weighted by molar-refractivity contribution is -0.147. The molecule has 0 saturated carbocycles. The van der Waals surface area contributed by atoms with Gasteiger partial charge in [0.05, 0.1) is 6.54 Å². The smallest absolute Gasteiger partial charge is 0.329 e. The van der Waals surface area contributed by atoms with E-state index in [2.05, 4.69) is 25.5 Å². The van der Waals surface area contributed by atoms with Crippen molar-refractivity contribution in [3.63, 3.8) is 0 Å². The summed E-state index contributed by atoms with van der Waals surface area (Å²) in [7, 11) is 0. The Kier molecular flexibility index (Phi) is 4.41. The molecule has 0 bridgehead atoms. The summed E-state index contributed by atoms with van der Waals surface area (Å²) in [5.74, 6) is -0.776. The molecule has 0 saturated heterocycles. The maximum atomic E-state index is 12.9. The summed E-state index contributed by atoms with van der Waals surface area (Å²) < 4.78 is 39.7. The zero-order valence-corrected chi connectivity index (χ0v) is 14.4. The fraction of sp³-hybridized carbons (Fsp3) is 0.235. The maximum absolute atomic E-state index is 12.9. The van der Waals surface area contributed by atoms with Gasteiger partial charge in [-0.05, 0) is 30.3 Å². The van der Waals surface area contributed by atoms with Gasteiger partial charge in [0.2, 0.25) is 11.8 Å². The minimum absolute atomic E-state index is 0.00605. The highest BCUT2D eigenvalue weighted by atomic mass is 19.4.